The summed E-state index contributed by atoms with van der Waals surface area (Å²) in [6.45, 7) is -1.10. The predicted octanol–water partition coefficient (Wildman–Crippen LogP) is 5.30. The zero-order valence-electron chi connectivity index (χ0n) is 21.3. The van der Waals surface area contributed by atoms with Gasteiger partial charge in [0.15, 0.2) is 5.75 Å². The van der Waals surface area contributed by atoms with Gasteiger partial charge in [-0.25, -0.2) is 0 Å². The number of benzene rings is 1. The molecule has 5 rings (SSSR count). The number of pyridine rings is 1. The van der Waals surface area contributed by atoms with Gasteiger partial charge in [0.25, 0.3) is 0 Å². The van der Waals surface area contributed by atoms with Crippen LogP contribution in [0, 0.1) is 0 Å². The highest BCUT2D eigenvalue weighted by molar-refractivity contribution is 5.83. The number of nitrogens with zero attached hydrogens (tertiary/aromatic N) is 4. The highest BCUT2D eigenvalue weighted by atomic mass is 19.4. The van der Waals surface area contributed by atoms with Gasteiger partial charge in [0.2, 0.25) is 0 Å². The minimum Gasteiger partial charge on any atom is -0.433 e. The lowest BCUT2D eigenvalue weighted by Gasteiger charge is -2.42. The Kier molecular flexibility index (Phi) is 7.90. The molecule has 0 bridgehead atoms. The second kappa shape index (κ2) is 11.2. The number of aromatic amines is 1. The number of halogens is 6. The molecule has 7 nitrogen and oxygen atoms in total. The van der Waals surface area contributed by atoms with Crippen molar-refractivity contribution in [3.8, 4) is 5.75 Å². The van der Waals surface area contributed by atoms with E-state index in [1.807, 2.05) is 0 Å². The molecule has 2 aliphatic rings. The van der Waals surface area contributed by atoms with E-state index in [1.54, 1.807) is 25.3 Å². The number of hydrogen-bond donors (Lipinski definition) is 2. The van der Waals surface area contributed by atoms with E-state index in [-0.39, 0.29) is 17.5 Å². The summed E-state index contributed by atoms with van der Waals surface area (Å²) in [6, 6.07) is 3.13. The SMILES string of the molecule is C[C@@H]1Cc2c(ccc3[nH]ncc23)[C@@H](c2ncc(N[C@H]3CCN(CCCF)C3)cc2OC(F)F)N1CC(F)(F)F. The van der Waals surface area contributed by atoms with Gasteiger partial charge in [-0.3, -0.25) is 19.4 Å². The fraction of sp³-hybridized carbons (Fsp3) is 0.538. The monoisotopic (exact) mass is 556 g/mol. The van der Waals surface area contributed by atoms with Crippen LogP contribution in [0.3, 0.4) is 0 Å². The van der Waals surface area contributed by atoms with Gasteiger partial charge in [0, 0.05) is 43.2 Å². The first kappa shape index (κ1) is 27.5. The minimum absolute atomic E-state index is 0.0109. The molecule has 2 N–H and O–H groups in total. The average molecular weight is 557 g/mol. The summed E-state index contributed by atoms with van der Waals surface area (Å²) in [6.07, 6.45) is 0.0736. The average Bonchev–Trinajstić information content (AvgIpc) is 3.52. The molecule has 4 heterocycles. The first-order valence-corrected chi connectivity index (χ1v) is 12.9. The Bertz CT molecular complexity index is 1280. The Balaban J connectivity index is 1.52. The molecule has 1 aromatic carbocycles. The van der Waals surface area contributed by atoms with Gasteiger partial charge in [0.05, 0.1) is 42.9 Å². The van der Waals surface area contributed by atoms with Crippen molar-refractivity contribution < 1.29 is 31.1 Å². The van der Waals surface area contributed by atoms with Gasteiger partial charge in [-0.2, -0.15) is 27.1 Å². The molecule has 1 saturated heterocycles. The van der Waals surface area contributed by atoms with E-state index < -0.39 is 38.1 Å². The van der Waals surface area contributed by atoms with Crippen LogP contribution in [0.4, 0.5) is 32.0 Å². The van der Waals surface area contributed by atoms with E-state index >= 15 is 0 Å². The molecule has 0 aliphatic carbocycles. The van der Waals surface area contributed by atoms with Crippen LogP contribution in [0.25, 0.3) is 10.9 Å². The standard InChI is InChI=1S/C26H30F6N6O/c1-15-9-19-18(3-4-21-20(19)12-34-36-21)24(38(15)14-26(30,31)32)23-22(39-25(28)29)10-17(11-33-23)35-16-5-8-37(13-16)7-2-6-27/h3-4,10-12,15-16,24-25,35H,2,5-9,13-14H2,1H3,(H,34,36)/t15-,16+,24+/m1/s1. The molecule has 39 heavy (non-hydrogen) atoms. The second-order valence-electron chi connectivity index (χ2n) is 10.2. The van der Waals surface area contributed by atoms with Crippen LogP contribution in [0.2, 0.25) is 0 Å². The molecule has 212 valence electrons. The smallest absolute Gasteiger partial charge is 0.401 e. The van der Waals surface area contributed by atoms with E-state index in [2.05, 4.69) is 25.4 Å². The van der Waals surface area contributed by atoms with E-state index in [4.69, 9.17) is 4.74 Å². The van der Waals surface area contributed by atoms with Crippen LogP contribution in [0.1, 0.15) is 42.6 Å². The molecular weight excluding hydrogens is 526 g/mol. The van der Waals surface area contributed by atoms with Crippen LogP contribution < -0.4 is 10.1 Å². The number of likely N-dealkylation sites (tertiary alicyclic amines) is 1. The summed E-state index contributed by atoms with van der Waals surface area (Å²) in [5.74, 6) is -0.285. The number of H-pyrrole nitrogens is 1. The molecule has 0 amide bonds. The van der Waals surface area contributed by atoms with Crippen LogP contribution in [-0.4, -0.2) is 82.7 Å². The summed E-state index contributed by atoms with van der Waals surface area (Å²) >= 11 is 0. The third-order valence-electron chi connectivity index (χ3n) is 7.43. The lowest BCUT2D eigenvalue weighted by molar-refractivity contribution is -0.155. The molecule has 1 fully saturated rings. The first-order chi connectivity index (χ1) is 18.6. The van der Waals surface area contributed by atoms with Crippen molar-refractivity contribution in [3.05, 3.63) is 47.4 Å². The van der Waals surface area contributed by atoms with Crippen molar-refractivity contribution in [1.29, 1.82) is 0 Å². The summed E-state index contributed by atoms with van der Waals surface area (Å²) in [7, 11) is 0. The van der Waals surface area contributed by atoms with Crippen molar-refractivity contribution in [2.75, 3.05) is 38.2 Å². The molecule has 3 aromatic rings. The molecule has 0 unspecified atom stereocenters. The van der Waals surface area contributed by atoms with E-state index in [0.717, 1.165) is 29.4 Å². The fourth-order valence-electron chi connectivity index (χ4n) is 5.78. The molecule has 0 saturated carbocycles. The zero-order chi connectivity index (χ0) is 27.7. The van der Waals surface area contributed by atoms with Gasteiger partial charge in [-0.05, 0) is 43.4 Å². The molecule has 0 radical (unpaired) electrons. The lowest BCUT2D eigenvalue weighted by Crippen LogP contribution is -2.47. The number of hydrogen-bond acceptors (Lipinski definition) is 6. The van der Waals surface area contributed by atoms with Crippen LogP contribution >= 0.6 is 0 Å². The van der Waals surface area contributed by atoms with Gasteiger partial charge in [-0.15, -0.1) is 0 Å². The quantitative estimate of drug-likeness (QED) is 0.349. The van der Waals surface area contributed by atoms with Crippen LogP contribution in [0.15, 0.2) is 30.6 Å². The zero-order valence-corrected chi connectivity index (χ0v) is 21.3. The van der Waals surface area contributed by atoms with Crippen molar-refractivity contribution in [2.24, 2.45) is 0 Å². The maximum Gasteiger partial charge on any atom is 0.401 e. The van der Waals surface area contributed by atoms with Crippen LogP contribution in [-0.2, 0) is 6.42 Å². The first-order valence-electron chi connectivity index (χ1n) is 12.9. The van der Waals surface area contributed by atoms with Gasteiger partial charge < -0.3 is 15.0 Å². The highest BCUT2D eigenvalue weighted by Crippen LogP contribution is 2.44. The Morgan fingerprint density at radius 3 is 2.79 bits per heavy atom. The third-order valence-corrected chi connectivity index (χ3v) is 7.43. The Hall–Kier alpha value is -3.06. The van der Waals surface area contributed by atoms with Gasteiger partial charge in [-0.1, -0.05) is 6.07 Å². The van der Waals surface area contributed by atoms with Gasteiger partial charge in [0.1, 0.15) is 5.69 Å². The summed E-state index contributed by atoms with van der Waals surface area (Å²) < 4.78 is 85.7. The largest absolute Gasteiger partial charge is 0.433 e. The minimum atomic E-state index is -4.52. The van der Waals surface area contributed by atoms with Crippen LogP contribution in [0.5, 0.6) is 5.75 Å². The Morgan fingerprint density at radius 1 is 1.23 bits per heavy atom. The third kappa shape index (κ3) is 6.08. The number of nitrogens with one attached hydrogen (secondary N) is 2. The number of fused-ring (bicyclic) bond motifs is 3. The van der Waals surface area contributed by atoms with E-state index in [9.17, 15) is 26.3 Å². The summed E-state index contributed by atoms with van der Waals surface area (Å²) in [4.78, 5) is 7.78. The molecule has 2 aromatic heterocycles. The summed E-state index contributed by atoms with van der Waals surface area (Å²) in [5.41, 5.74) is 2.47. The Morgan fingerprint density at radius 2 is 2.05 bits per heavy atom. The maximum atomic E-state index is 13.7. The fourth-order valence-corrected chi connectivity index (χ4v) is 5.78. The van der Waals surface area contributed by atoms with Gasteiger partial charge >= 0.3 is 12.8 Å². The topological polar surface area (TPSA) is 69.3 Å². The molecule has 3 atom stereocenters. The maximum absolute atomic E-state index is 13.7. The summed E-state index contributed by atoms with van der Waals surface area (Å²) in [5, 5.41) is 11.0. The normalized spacial score (nSPS) is 22.5. The number of anilines is 1. The lowest BCUT2D eigenvalue weighted by atomic mass is 9.84. The van der Waals surface area contributed by atoms with E-state index in [1.165, 1.54) is 17.2 Å². The van der Waals surface area contributed by atoms with Crippen molar-refractivity contribution in [2.45, 2.75) is 57.1 Å². The molecule has 0 spiro atoms. The highest BCUT2D eigenvalue weighted by Gasteiger charge is 2.43. The number of ether oxygens (including phenoxy) is 1. The molecule has 13 heteroatoms. The molecule has 2 aliphatic heterocycles. The second-order valence-corrected chi connectivity index (χ2v) is 10.2. The Labute approximate surface area is 221 Å². The van der Waals surface area contributed by atoms with Crippen molar-refractivity contribution in [1.82, 2.24) is 25.0 Å². The number of aromatic nitrogens is 3. The number of rotatable bonds is 9. The van der Waals surface area contributed by atoms with E-state index in [0.29, 0.717) is 37.2 Å². The number of alkyl halides is 6. The van der Waals surface area contributed by atoms with Crippen molar-refractivity contribution >= 4 is 16.6 Å². The predicted molar refractivity (Wildman–Crippen MR) is 134 cm³/mol. The molecular formula is C26H30F6N6O. The van der Waals surface area contributed by atoms with Crippen molar-refractivity contribution in [3.63, 3.8) is 0 Å².